The van der Waals surface area contributed by atoms with Crippen LogP contribution in [0.2, 0.25) is 0 Å². The summed E-state index contributed by atoms with van der Waals surface area (Å²) in [5, 5.41) is 0. The molecule has 1 heterocycles. The van der Waals surface area contributed by atoms with Crippen molar-refractivity contribution in [3.63, 3.8) is 0 Å². The predicted octanol–water partition coefficient (Wildman–Crippen LogP) is 2.32. The van der Waals surface area contributed by atoms with E-state index in [0.717, 1.165) is 5.56 Å². The van der Waals surface area contributed by atoms with E-state index in [2.05, 4.69) is 13.8 Å². The highest BCUT2D eigenvalue weighted by atomic mass is 32.2. The third-order valence-electron chi connectivity index (χ3n) is 4.50. The predicted molar refractivity (Wildman–Crippen MR) is 98.6 cm³/mol. The minimum atomic E-state index is -3.20. The highest BCUT2D eigenvalue weighted by Gasteiger charge is 2.29. The first kappa shape index (κ1) is 19.7. The monoisotopic (exact) mass is 368 g/mol. The molecule has 1 aliphatic heterocycles. The lowest BCUT2D eigenvalue weighted by atomic mass is 10.0. The van der Waals surface area contributed by atoms with Crippen LogP contribution in [0.25, 0.3) is 0 Å². The van der Waals surface area contributed by atoms with Gasteiger partial charge in [-0.25, -0.2) is 8.42 Å². The average Bonchev–Trinajstić information content (AvgIpc) is 2.60. The van der Waals surface area contributed by atoms with Crippen LogP contribution >= 0.6 is 0 Å². The molecule has 0 aromatic heterocycles. The van der Waals surface area contributed by atoms with Crippen LogP contribution in [0.4, 0.5) is 0 Å². The number of benzene rings is 1. The van der Waals surface area contributed by atoms with E-state index < -0.39 is 10.0 Å². The van der Waals surface area contributed by atoms with Gasteiger partial charge in [-0.1, -0.05) is 26.8 Å². The topological polar surface area (TPSA) is 66.9 Å². The quantitative estimate of drug-likeness (QED) is 0.773. The van der Waals surface area contributed by atoms with Crippen LogP contribution in [0.1, 0.15) is 49.0 Å². The first-order valence-corrected chi connectivity index (χ1v) is 10.4. The molecule has 6 nitrogen and oxygen atoms in total. The van der Waals surface area contributed by atoms with Gasteiger partial charge < -0.3 is 9.64 Å². The van der Waals surface area contributed by atoms with Crippen molar-refractivity contribution in [1.29, 1.82) is 0 Å². The van der Waals surface area contributed by atoms with Gasteiger partial charge in [0.05, 0.1) is 18.4 Å². The van der Waals surface area contributed by atoms with E-state index in [-0.39, 0.29) is 11.7 Å². The van der Waals surface area contributed by atoms with Crippen molar-refractivity contribution in [1.82, 2.24) is 9.21 Å². The number of nitrogens with zero attached hydrogens (tertiary/aromatic N) is 2. The Bertz CT molecular complexity index is 708. The number of methoxy groups -OCH3 is 1. The number of hydrogen-bond donors (Lipinski definition) is 0. The second-order valence-corrected chi connectivity index (χ2v) is 8.71. The molecule has 0 N–H and O–H groups in total. The van der Waals surface area contributed by atoms with Crippen LogP contribution in [0, 0.1) is 0 Å². The third-order valence-corrected chi connectivity index (χ3v) is 6.58. The van der Waals surface area contributed by atoms with E-state index >= 15 is 0 Å². The lowest BCUT2D eigenvalue weighted by Crippen LogP contribution is -2.51. The fourth-order valence-electron chi connectivity index (χ4n) is 2.97. The smallest absolute Gasteiger partial charge is 0.257 e. The van der Waals surface area contributed by atoms with Gasteiger partial charge in [0.15, 0.2) is 0 Å². The van der Waals surface area contributed by atoms with Gasteiger partial charge in [0, 0.05) is 26.2 Å². The van der Waals surface area contributed by atoms with E-state index in [4.69, 9.17) is 4.74 Å². The number of rotatable bonds is 6. The van der Waals surface area contributed by atoms with Crippen LogP contribution in [0.15, 0.2) is 18.2 Å². The SMILES string of the molecule is CCCS(=O)(=O)N1CCN(C(=O)c2ccc(C(C)C)cc2OC)CC1. The van der Waals surface area contributed by atoms with Crippen molar-refractivity contribution in [2.45, 2.75) is 33.1 Å². The number of carbonyl (C=O) groups excluding carboxylic acids is 1. The Kier molecular flexibility index (Phi) is 6.46. The summed E-state index contributed by atoms with van der Waals surface area (Å²) >= 11 is 0. The molecule has 1 amide bonds. The molecule has 2 rings (SSSR count). The van der Waals surface area contributed by atoms with Crippen molar-refractivity contribution >= 4 is 15.9 Å². The normalized spacial score (nSPS) is 16.3. The standard InChI is InChI=1S/C18H28N2O4S/c1-5-12-25(22,23)20-10-8-19(9-11-20)18(21)16-7-6-15(14(2)3)13-17(16)24-4/h6-7,13-14H,5,8-12H2,1-4H3. The van der Waals surface area contributed by atoms with Crippen LogP contribution < -0.4 is 4.74 Å². The average molecular weight is 368 g/mol. The summed E-state index contributed by atoms with van der Waals surface area (Å²) in [6.45, 7) is 7.53. The first-order valence-electron chi connectivity index (χ1n) is 8.75. The number of ether oxygens (including phenoxy) is 1. The van der Waals surface area contributed by atoms with Crippen LogP contribution in [0.3, 0.4) is 0 Å². The fraction of sp³-hybridized carbons (Fsp3) is 0.611. The first-order chi connectivity index (χ1) is 11.8. The van der Waals surface area contributed by atoms with Gasteiger partial charge in [-0.05, 0) is 30.0 Å². The summed E-state index contributed by atoms with van der Waals surface area (Å²) in [6.07, 6.45) is 0.598. The molecule has 1 aliphatic rings. The molecule has 0 atom stereocenters. The molecule has 1 aromatic rings. The maximum Gasteiger partial charge on any atom is 0.257 e. The fourth-order valence-corrected chi connectivity index (χ4v) is 4.46. The van der Waals surface area contributed by atoms with Gasteiger partial charge in [-0.3, -0.25) is 4.79 Å². The molecule has 0 spiro atoms. The lowest BCUT2D eigenvalue weighted by Gasteiger charge is -2.34. The largest absolute Gasteiger partial charge is 0.496 e. The lowest BCUT2D eigenvalue weighted by molar-refractivity contribution is 0.0694. The number of hydrogen-bond acceptors (Lipinski definition) is 4. The van der Waals surface area contributed by atoms with Gasteiger partial charge in [0.2, 0.25) is 10.0 Å². The Morgan fingerprint density at radius 1 is 1.20 bits per heavy atom. The molecule has 1 saturated heterocycles. The molecule has 25 heavy (non-hydrogen) atoms. The summed E-state index contributed by atoms with van der Waals surface area (Å²) in [4.78, 5) is 14.5. The maximum atomic E-state index is 12.8. The van der Waals surface area contributed by atoms with Gasteiger partial charge >= 0.3 is 0 Å². The van der Waals surface area contributed by atoms with E-state index in [9.17, 15) is 13.2 Å². The van der Waals surface area contributed by atoms with Crippen molar-refractivity contribution in [2.24, 2.45) is 0 Å². The molecule has 140 valence electrons. The summed E-state index contributed by atoms with van der Waals surface area (Å²) < 4.78 is 31.2. The molecule has 0 bridgehead atoms. The van der Waals surface area contributed by atoms with Crippen molar-refractivity contribution < 1.29 is 17.9 Å². The number of amides is 1. The summed E-state index contributed by atoms with van der Waals surface area (Å²) in [5.74, 6) is 0.966. The molecular weight excluding hydrogens is 340 g/mol. The van der Waals surface area contributed by atoms with Crippen LogP contribution in [-0.2, 0) is 10.0 Å². The molecule has 7 heteroatoms. The zero-order chi connectivity index (χ0) is 18.6. The molecule has 0 aliphatic carbocycles. The van der Waals surface area contributed by atoms with Gasteiger partial charge in [0.1, 0.15) is 5.75 Å². The zero-order valence-corrected chi connectivity index (χ0v) is 16.3. The van der Waals surface area contributed by atoms with E-state index in [1.54, 1.807) is 18.1 Å². The molecular formula is C18H28N2O4S. The number of sulfonamides is 1. The second kappa shape index (κ2) is 8.19. The molecule has 1 fully saturated rings. The molecule has 1 aromatic carbocycles. The highest BCUT2D eigenvalue weighted by molar-refractivity contribution is 7.89. The zero-order valence-electron chi connectivity index (χ0n) is 15.5. The van der Waals surface area contributed by atoms with Gasteiger partial charge in [-0.2, -0.15) is 4.31 Å². The summed E-state index contributed by atoms with van der Waals surface area (Å²) in [5.41, 5.74) is 1.64. The minimum absolute atomic E-state index is 0.111. The van der Waals surface area contributed by atoms with Gasteiger partial charge in [-0.15, -0.1) is 0 Å². The second-order valence-electron chi connectivity index (χ2n) is 6.62. The highest BCUT2D eigenvalue weighted by Crippen LogP contribution is 2.26. The minimum Gasteiger partial charge on any atom is -0.496 e. The summed E-state index contributed by atoms with van der Waals surface area (Å²) in [7, 11) is -1.64. The van der Waals surface area contributed by atoms with E-state index in [1.165, 1.54) is 4.31 Å². The van der Waals surface area contributed by atoms with Crippen LogP contribution in [-0.4, -0.2) is 62.6 Å². The van der Waals surface area contributed by atoms with Crippen molar-refractivity contribution in [2.75, 3.05) is 39.0 Å². The van der Waals surface area contributed by atoms with E-state index in [0.29, 0.717) is 49.8 Å². The Balaban J connectivity index is 2.10. The van der Waals surface area contributed by atoms with Crippen molar-refractivity contribution in [3.05, 3.63) is 29.3 Å². The Hall–Kier alpha value is -1.60. The Labute approximate surface area is 150 Å². The van der Waals surface area contributed by atoms with E-state index in [1.807, 2.05) is 19.1 Å². The molecule has 0 radical (unpaired) electrons. The number of piperazine rings is 1. The van der Waals surface area contributed by atoms with Gasteiger partial charge in [0.25, 0.3) is 5.91 Å². The Morgan fingerprint density at radius 2 is 1.84 bits per heavy atom. The Morgan fingerprint density at radius 3 is 2.36 bits per heavy atom. The van der Waals surface area contributed by atoms with Crippen molar-refractivity contribution in [3.8, 4) is 5.75 Å². The molecule has 0 unspecified atom stereocenters. The van der Waals surface area contributed by atoms with Crippen LogP contribution in [0.5, 0.6) is 5.75 Å². The summed E-state index contributed by atoms with van der Waals surface area (Å²) in [6, 6.07) is 5.65. The maximum absolute atomic E-state index is 12.8. The molecule has 0 saturated carbocycles. The number of carbonyl (C=O) groups is 1. The third kappa shape index (κ3) is 4.52.